The van der Waals surface area contributed by atoms with E-state index in [9.17, 15) is 4.79 Å². The average molecular weight is 288 g/mol. The zero-order chi connectivity index (χ0) is 14.7. The Morgan fingerprint density at radius 3 is 2.60 bits per heavy atom. The van der Waals surface area contributed by atoms with Crippen molar-refractivity contribution in [1.82, 2.24) is 0 Å². The summed E-state index contributed by atoms with van der Waals surface area (Å²) in [5.74, 6) is -1.04. The first kappa shape index (κ1) is 13.7. The number of nitrogens with one attached hydrogen (secondary N) is 1. The normalized spacial score (nSPS) is 9.80. The number of rotatable bonds is 3. The number of hydrogen-bond donors (Lipinski definition) is 3. The number of carbonyl (C=O) groups is 1. The second-order valence-electron chi connectivity index (χ2n) is 4.04. The van der Waals surface area contributed by atoms with Crippen LogP contribution in [0.4, 0.5) is 17.1 Å². The van der Waals surface area contributed by atoms with E-state index < -0.39 is 5.97 Å². The van der Waals surface area contributed by atoms with Crippen molar-refractivity contribution in [3.05, 3.63) is 52.5 Å². The van der Waals surface area contributed by atoms with Crippen LogP contribution in [-0.4, -0.2) is 11.1 Å². The molecular weight excluding hydrogens is 278 g/mol. The summed E-state index contributed by atoms with van der Waals surface area (Å²) < 4.78 is 0. The molecule has 5 nitrogen and oxygen atoms in total. The summed E-state index contributed by atoms with van der Waals surface area (Å²) in [6.07, 6.45) is 0. The lowest BCUT2D eigenvalue weighted by atomic mass is 10.1. The van der Waals surface area contributed by atoms with Gasteiger partial charge in [0.2, 0.25) is 0 Å². The molecule has 0 unspecified atom stereocenters. The number of carboxylic acids is 1. The molecule has 0 aliphatic carbocycles. The number of benzene rings is 2. The predicted molar refractivity (Wildman–Crippen MR) is 77.3 cm³/mol. The maximum atomic E-state index is 10.9. The van der Waals surface area contributed by atoms with Gasteiger partial charge in [0.1, 0.15) is 0 Å². The molecule has 0 aromatic heterocycles. The Bertz CT molecular complexity index is 723. The molecule has 2 aromatic carbocycles. The lowest BCUT2D eigenvalue weighted by molar-refractivity contribution is 0.0697. The topological polar surface area (TPSA) is 99.1 Å². The molecule has 2 rings (SSSR count). The van der Waals surface area contributed by atoms with Crippen molar-refractivity contribution in [3.63, 3.8) is 0 Å². The fourth-order valence-corrected chi connectivity index (χ4v) is 1.86. The van der Waals surface area contributed by atoms with Gasteiger partial charge in [-0.3, -0.25) is 0 Å². The van der Waals surface area contributed by atoms with E-state index in [0.717, 1.165) is 0 Å². The number of nitrogens with zero attached hydrogens (tertiary/aromatic N) is 1. The van der Waals surface area contributed by atoms with E-state index in [-0.39, 0.29) is 5.56 Å². The van der Waals surface area contributed by atoms with E-state index in [1.165, 1.54) is 24.3 Å². The first-order valence-electron chi connectivity index (χ1n) is 5.61. The van der Waals surface area contributed by atoms with E-state index in [1.54, 1.807) is 12.1 Å². The Labute approximate surface area is 120 Å². The number of anilines is 3. The third kappa shape index (κ3) is 2.82. The van der Waals surface area contributed by atoms with E-state index in [0.29, 0.717) is 27.6 Å². The van der Waals surface area contributed by atoms with E-state index in [4.69, 9.17) is 27.7 Å². The van der Waals surface area contributed by atoms with Gasteiger partial charge in [0.15, 0.2) is 0 Å². The number of carboxylic acid groups (broad SMARTS) is 1. The fraction of sp³-hybridized carbons (Fsp3) is 0. The summed E-state index contributed by atoms with van der Waals surface area (Å²) >= 11 is 6.04. The van der Waals surface area contributed by atoms with Crippen LogP contribution < -0.4 is 11.1 Å². The van der Waals surface area contributed by atoms with Crippen LogP contribution in [0.2, 0.25) is 5.02 Å². The second kappa shape index (κ2) is 5.51. The summed E-state index contributed by atoms with van der Waals surface area (Å²) in [4.78, 5) is 10.9. The van der Waals surface area contributed by atoms with Crippen molar-refractivity contribution in [2.24, 2.45) is 0 Å². The van der Waals surface area contributed by atoms with E-state index >= 15 is 0 Å². The smallest absolute Gasteiger partial charge is 0.335 e. The maximum Gasteiger partial charge on any atom is 0.335 e. The Kier molecular flexibility index (Phi) is 3.78. The molecule has 0 amide bonds. The number of halogens is 1. The molecule has 0 spiro atoms. The number of nitrogen functional groups attached to an aromatic ring is 1. The van der Waals surface area contributed by atoms with Crippen molar-refractivity contribution in [3.8, 4) is 6.07 Å². The molecule has 0 aliphatic rings. The predicted octanol–water partition coefficient (Wildman–Crippen LogP) is 3.24. The van der Waals surface area contributed by atoms with Crippen molar-refractivity contribution in [2.45, 2.75) is 0 Å². The van der Waals surface area contributed by atoms with Crippen LogP contribution in [0.25, 0.3) is 0 Å². The zero-order valence-electron chi connectivity index (χ0n) is 10.2. The van der Waals surface area contributed by atoms with Crippen LogP contribution in [0.3, 0.4) is 0 Å². The first-order valence-corrected chi connectivity index (χ1v) is 5.98. The number of aromatic carboxylic acids is 1. The lowest BCUT2D eigenvalue weighted by Crippen LogP contribution is -2.01. The van der Waals surface area contributed by atoms with Crippen LogP contribution >= 0.6 is 11.6 Å². The molecule has 0 atom stereocenters. The largest absolute Gasteiger partial charge is 0.478 e. The molecule has 4 N–H and O–H groups in total. The minimum absolute atomic E-state index is 0.117. The highest BCUT2D eigenvalue weighted by Gasteiger charge is 2.09. The van der Waals surface area contributed by atoms with Gasteiger partial charge in [-0.2, -0.15) is 5.26 Å². The van der Waals surface area contributed by atoms with Gasteiger partial charge in [-0.25, -0.2) is 4.79 Å². The van der Waals surface area contributed by atoms with Gasteiger partial charge in [0, 0.05) is 0 Å². The third-order valence-electron chi connectivity index (χ3n) is 2.67. The molecule has 0 aliphatic heterocycles. The van der Waals surface area contributed by atoms with Crippen molar-refractivity contribution >= 4 is 34.6 Å². The number of nitrogens with two attached hydrogens (primary N) is 1. The highest BCUT2D eigenvalue weighted by molar-refractivity contribution is 6.33. The van der Waals surface area contributed by atoms with Crippen LogP contribution in [0.5, 0.6) is 0 Å². The van der Waals surface area contributed by atoms with Crippen LogP contribution in [0, 0.1) is 11.3 Å². The average Bonchev–Trinajstić information content (AvgIpc) is 2.42. The Morgan fingerprint density at radius 2 is 2.00 bits per heavy atom. The summed E-state index contributed by atoms with van der Waals surface area (Å²) in [7, 11) is 0. The van der Waals surface area contributed by atoms with Crippen molar-refractivity contribution in [1.29, 1.82) is 5.26 Å². The molecular formula is C14H10ClN3O2. The van der Waals surface area contributed by atoms with Crippen molar-refractivity contribution < 1.29 is 9.90 Å². The van der Waals surface area contributed by atoms with Crippen LogP contribution in [0.15, 0.2) is 36.4 Å². The van der Waals surface area contributed by atoms with E-state index in [1.807, 2.05) is 6.07 Å². The molecule has 100 valence electrons. The standard InChI is InChI=1S/C14H10ClN3O2/c15-10-5-8(7-16)1-4-12(10)18-13-6-9(14(19)20)2-3-11(13)17/h1-6,18H,17H2,(H,19,20). The molecule has 0 saturated carbocycles. The third-order valence-corrected chi connectivity index (χ3v) is 2.98. The second-order valence-corrected chi connectivity index (χ2v) is 4.45. The molecule has 0 fully saturated rings. The molecule has 20 heavy (non-hydrogen) atoms. The SMILES string of the molecule is N#Cc1ccc(Nc2cc(C(=O)O)ccc2N)c(Cl)c1. The van der Waals surface area contributed by atoms with Crippen LogP contribution in [-0.2, 0) is 0 Å². The molecule has 0 heterocycles. The molecule has 0 radical (unpaired) electrons. The summed E-state index contributed by atoms with van der Waals surface area (Å²) in [6, 6.07) is 11.1. The minimum atomic E-state index is -1.04. The minimum Gasteiger partial charge on any atom is -0.478 e. The Morgan fingerprint density at radius 1 is 1.25 bits per heavy atom. The van der Waals surface area contributed by atoms with Gasteiger partial charge in [-0.05, 0) is 36.4 Å². The van der Waals surface area contributed by atoms with Gasteiger partial charge in [0.25, 0.3) is 0 Å². The Balaban J connectivity index is 2.37. The maximum absolute atomic E-state index is 10.9. The number of hydrogen-bond acceptors (Lipinski definition) is 4. The van der Waals surface area contributed by atoms with Crippen LogP contribution in [0.1, 0.15) is 15.9 Å². The quantitative estimate of drug-likeness (QED) is 0.753. The highest BCUT2D eigenvalue weighted by Crippen LogP contribution is 2.29. The first-order chi connectivity index (χ1) is 9.51. The summed E-state index contributed by atoms with van der Waals surface area (Å²) in [6.45, 7) is 0. The molecule has 0 saturated heterocycles. The monoisotopic (exact) mass is 287 g/mol. The van der Waals surface area contributed by atoms with Crippen molar-refractivity contribution in [2.75, 3.05) is 11.1 Å². The van der Waals surface area contributed by atoms with Gasteiger partial charge >= 0.3 is 5.97 Å². The molecule has 6 heteroatoms. The lowest BCUT2D eigenvalue weighted by Gasteiger charge is -2.11. The van der Waals surface area contributed by atoms with E-state index in [2.05, 4.69) is 5.32 Å². The van der Waals surface area contributed by atoms with Gasteiger partial charge in [-0.1, -0.05) is 11.6 Å². The molecule has 0 bridgehead atoms. The highest BCUT2D eigenvalue weighted by atomic mass is 35.5. The molecule has 2 aromatic rings. The van der Waals surface area contributed by atoms with Gasteiger partial charge in [0.05, 0.1) is 39.3 Å². The summed E-state index contributed by atoms with van der Waals surface area (Å²) in [5.41, 5.74) is 7.73. The zero-order valence-corrected chi connectivity index (χ0v) is 11.0. The summed E-state index contributed by atoms with van der Waals surface area (Å²) in [5, 5.41) is 21.0. The number of nitriles is 1. The Hall–Kier alpha value is -2.71. The van der Waals surface area contributed by atoms with Gasteiger partial charge in [-0.15, -0.1) is 0 Å². The van der Waals surface area contributed by atoms with Gasteiger partial charge < -0.3 is 16.2 Å². The fourth-order valence-electron chi connectivity index (χ4n) is 1.63.